The second-order valence-corrected chi connectivity index (χ2v) is 11.2. The molecule has 1 aromatic carbocycles. The maximum absolute atomic E-state index is 12.5. The molecular formula is C17H20BrClN2O3S2. The monoisotopic (exact) mass is 478 g/mol. The number of carbonyl (C=O) groups is 1. The summed E-state index contributed by atoms with van der Waals surface area (Å²) in [5.41, 5.74) is 0.683. The largest absolute Gasteiger partial charge is 0.314 e. The van der Waals surface area contributed by atoms with Crippen molar-refractivity contribution in [3.8, 4) is 0 Å². The first-order valence-corrected chi connectivity index (χ1v) is 12.4. The minimum absolute atomic E-state index is 0.0508. The fourth-order valence-corrected chi connectivity index (χ4v) is 8.02. The van der Waals surface area contributed by atoms with Crippen LogP contribution in [0, 0.1) is 5.92 Å². The van der Waals surface area contributed by atoms with Crippen molar-refractivity contribution >= 4 is 65.9 Å². The van der Waals surface area contributed by atoms with E-state index in [2.05, 4.69) is 20.9 Å². The molecule has 0 bridgehead atoms. The van der Waals surface area contributed by atoms with Gasteiger partial charge in [0.25, 0.3) is 5.91 Å². The first kappa shape index (κ1) is 20.2. The molecule has 3 rings (SSSR count). The molecule has 0 spiro atoms. The summed E-state index contributed by atoms with van der Waals surface area (Å²) in [7, 11) is -3.10. The summed E-state index contributed by atoms with van der Waals surface area (Å²) in [6.45, 7) is 3.94. The third kappa shape index (κ3) is 3.98. The zero-order valence-electron chi connectivity index (χ0n) is 14.5. The Kier molecular flexibility index (Phi) is 6.06. The van der Waals surface area contributed by atoms with Crippen LogP contribution in [0.15, 0.2) is 27.7 Å². The second-order valence-electron chi connectivity index (χ2n) is 6.51. The number of aliphatic imine (C=N–C) groups is 1. The summed E-state index contributed by atoms with van der Waals surface area (Å²) < 4.78 is 25.0. The second kappa shape index (κ2) is 7.81. The first-order chi connectivity index (χ1) is 12.3. The SMILES string of the molecule is CCC(CC)C(=O)N=C1SC2CS(=O)(=O)CC2N1c1ccc(Br)cc1Cl. The van der Waals surface area contributed by atoms with Crippen molar-refractivity contribution in [2.75, 3.05) is 16.4 Å². The lowest BCUT2D eigenvalue weighted by molar-refractivity contribution is -0.121. The zero-order valence-corrected chi connectivity index (χ0v) is 18.5. The van der Waals surface area contributed by atoms with Crippen molar-refractivity contribution < 1.29 is 13.2 Å². The van der Waals surface area contributed by atoms with E-state index in [9.17, 15) is 13.2 Å². The van der Waals surface area contributed by atoms with Crippen LogP contribution in [0.2, 0.25) is 5.02 Å². The standard InChI is InChI=1S/C17H20BrClN2O3S2/c1-3-10(4-2)16(22)20-17-21(13-6-5-11(18)7-12(13)19)14-8-26(23,24)9-15(14)25-17/h5-7,10,14-15H,3-4,8-9H2,1-2H3. The van der Waals surface area contributed by atoms with Gasteiger partial charge < -0.3 is 4.90 Å². The lowest BCUT2D eigenvalue weighted by Gasteiger charge is -2.25. The highest BCUT2D eigenvalue weighted by atomic mass is 79.9. The number of amides is 1. The van der Waals surface area contributed by atoms with E-state index in [-0.39, 0.29) is 34.6 Å². The van der Waals surface area contributed by atoms with E-state index in [1.165, 1.54) is 11.8 Å². The molecule has 2 atom stereocenters. The molecule has 142 valence electrons. The van der Waals surface area contributed by atoms with Gasteiger partial charge in [-0.05, 0) is 31.0 Å². The van der Waals surface area contributed by atoms with Crippen LogP contribution in [-0.2, 0) is 14.6 Å². The van der Waals surface area contributed by atoms with Gasteiger partial charge in [0, 0.05) is 15.6 Å². The average Bonchev–Trinajstić information content (AvgIpc) is 3.00. The molecule has 0 N–H and O–H groups in total. The predicted molar refractivity (Wildman–Crippen MR) is 112 cm³/mol. The van der Waals surface area contributed by atoms with Gasteiger partial charge >= 0.3 is 0 Å². The Morgan fingerprint density at radius 3 is 2.69 bits per heavy atom. The normalized spacial score (nSPS) is 25.9. The molecule has 0 radical (unpaired) electrons. The number of nitrogens with zero attached hydrogens (tertiary/aromatic N) is 2. The van der Waals surface area contributed by atoms with Gasteiger partial charge in [0.2, 0.25) is 0 Å². The molecule has 2 saturated heterocycles. The molecule has 2 aliphatic heterocycles. The number of anilines is 1. The predicted octanol–water partition coefficient (Wildman–Crippen LogP) is 4.14. The van der Waals surface area contributed by atoms with Crippen molar-refractivity contribution in [3.63, 3.8) is 0 Å². The number of rotatable bonds is 4. The highest BCUT2D eigenvalue weighted by Gasteiger charge is 2.49. The van der Waals surface area contributed by atoms with Gasteiger partial charge in [-0.2, -0.15) is 4.99 Å². The number of halogens is 2. The van der Waals surface area contributed by atoms with E-state index in [4.69, 9.17) is 11.6 Å². The minimum Gasteiger partial charge on any atom is -0.314 e. The molecule has 1 amide bonds. The molecule has 5 nitrogen and oxygen atoms in total. The first-order valence-electron chi connectivity index (χ1n) is 8.49. The maximum atomic E-state index is 12.5. The molecule has 0 saturated carbocycles. The number of carbonyl (C=O) groups excluding carboxylic acids is 1. The highest BCUT2D eigenvalue weighted by Crippen LogP contribution is 2.43. The quantitative estimate of drug-likeness (QED) is 0.649. The van der Waals surface area contributed by atoms with Gasteiger partial charge in [0.1, 0.15) is 0 Å². The van der Waals surface area contributed by atoms with Crippen LogP contribution in [-0.4, -0.2) is 42.3 Å². The highest BCUT2D eigenvalue weighted by molar-refractivity contribution is 9.10. The third-order valence-electron chi connectivity index (χ3n) is 4.78. The lowest BCUT2D eigenvalue weighted by Crippen LogP contribution is -2.38. The Labute approximate surface area is 171 Å². The molecule has 26 heavy (non-hydrogen) atoms. The van der Waals surface area contributed by atoms with Gasteiger partial charge in [-0.15, -0.1) is 0 Å². The van der Waals surface area contributed by atoms with Crippen LogP contribution in [0.3, 0.4) is 0 Å². The lowest BCUT2D eigenvalue weighted by atomic mass is 10.0. The molecule has 2 unspecified atom stereocenters. The number of thioether (sulfide) groups is 1. The molecule has 9 heteroatoms. The van der Waals surface area contributed by atoms with E-state index in [0.29, 0.717) is 15.9 Å². The van der Waals surface area contributed by atoms with Crippen LogP contribution < -0.4 is 4.90 Å². The van der Waals surface area contributed by atoms with Gasteiger partial charge in [0.15, 0.2) is 15.0 Å². The van der Waals surface area contributed by atoms with Gasteiger partial charge in [0.05, 0.1) is 28.3 Å². The smallest absolute Gasteiger partial charge is 0.251 e. The molecule has 0 aliphatic carbocycles. The van der Waals surface area contributed by atoms with Crippen LogP contribution in [0.4, 0.5) is 5.69 Å². The fourth-order valence-electron chi connectivity index (χ4n) is 3.35. The Hall–Kier alpha value is -0.570. The number of amidine groups is 1. The fraction of sp³-hybridized carbons (Fsp3) is 0.529. The Morgan fingerprint density at radius 1 is 1.38 bits per heavy atom. The number of hydrogen-bond donors (Lipinski definition) is 0. The van der Waals surface area contributed by atoms with Crippen molar-refractivity contribution in [1.29, 1.82) is 0 Å². The van der Waals surface area contributed by atoms with E-state index in [1.54, 1.807) is 6.07 Å². The van der Waals surface area contributed by atoms with E-state index >= 15 is 0 Å². The van der Waals surface area contributed by atoms with Crippen LogP contribution in [0.25, 0.3) is 0 Å². The van der Waals surface area contributed by atoms with Crippen LogP contribution in [0.5, 0.6) is 0 Å². The summed E-state index contributed by atoms with van der Waals surface area (Å²) in [5.74, 6) is -0.117. The molecule has 2 heterocycles. The van der Waals surface area contributed by atoms with Crippen molar-refractivity contribution in [1.82, 2.24) is 0 Å². The number of sulfone groups is 1. The summed E-state index contributed by atoms with van der Waals surface area (Å²) in [6.07, 6.45) is 1.47. The maximum Gasteiger partial charge on any atom is 0.251 e. The summed E-state index contributed by atoms with van der Waals surface area (Å²) >= 11 is 11.2. The van der Waals surface area contributed by atoms with Gasteiger partial charge in [-0.25, -0.2) is 8.42 Å². The molecule has 2 aliphatic rings. The van der Waals surface area contributed by atoms with Crippen LogP contribution in [0.1, 0.15) is 26.7 Å². The summed E-state index contributed by atoms with van der Waals surface area (Å²) in [5, 5.41) is 0.914. The Balaban J connectivity index is 2.02. The topological polar surface area (TPSA) is 66.8 Å². The zero-order chi connectivity index (χ0) is 19.1. The number of hydrogen-bond acceptors (Lipinski definition) is 4. The van der Waals surface area contributed by atoms with E-state index in [1.807, 2.05) is 30.9 Å². The van der Waals surface area contributed by atoms with Gasteiger partial charge in [-0.1, -0.05) is 53.1 Å². The van der Waals surface area contributed by atoms with Crippen molar-refractivity contribution in [2.24, 2.45) is 10.9 Å². The summed E-state index contributed by atoms with van der Waals surface area (Å²) in [6, 6.07) is 5.19. The Morgan fingerprint density at radius 2 is 2.08 bits per heavy atom. The number of fused-ring (bicyclic) bond motifs is 1. The van der Waals surface area contributed by atoms with Crippen molar-refractivity contribution in [2.45, 2.75) is 38.0 Å². The Bertz CT molecular complexity index is 856. The van der Waals surface area contributed by atoms with Crippen molar-refractivity contribution in [3.05, 3.63) is 27.7 Å². The van der Waals surface area contributed by atoms with Gasteiger partial charge in [-0.3, -0.25) is 4.79 Å². The summed E-state index contributed by atoms with van der Waals surface area (Å²) in [4.78, 5) is 18.8. The number of benzene rings is 1. The average molecular weight is 480 g/mol. The molecule has 1 aromatic rings. The molecule has 2 fully saturated rings. The minimum atomic E-state index is -3.10. The molecular weight excluding hydrogens is 460 g/mol. The van der Waals surface area contributed by atoms with Crippen LogP contribution >= 0.6 is 39.3 Å². The van der Waals surface area contributed by atoms with E-state index in [0.717, 1.165) is 17.3 Å². The molecule has 0 aromatic heterocycles. The third-order valence-corrected chi connectivity index (χ3v) is 8.78. The van der Waals surface area contributed by atoms with E-state index < -0.39 is 9.84 Å².